The van der Waals surface area contributed by atoms with E-state index in [1.165, 1.54) is 17.9 Å². The van der Waals surface area contributed by atoms with Gasteiger partial charge in [-0.05, 0) is 32.8 Å². The first-order valence-electron chi connectivity index (χ1n) is 8.22. The summed E-state index contributed by atoms with van der Waals surface area (Å²) < 4.78 is 2.09. The van der Waals surface area contributed by atoms with Gasteiger partial charge in [0.25, 0.3) is 0 Å². The molecule has 1 N–H and O–H groups in total. The minimum Gasteiger partial charge on any atom is -0.356 e. The molecule has 23 heavy (non-hydrogen) atoms. The van der Waals surface area contributed by atoms with Crippen LogP contribution in [-0.4, -0.2) is 58.3 Å². The summed E-state index contributed by atoms with van der Waals surface area (Å²) in [5.74, 6) is 2.25. The van der Waals surface area contributed by atoms with Crippen molar-refractivity contribution in [1.29, 1.82) is 0 Å². The van der Waals surface area contributed by atoms with Gasteiger partial charge in [-0.1, -0.05) is 6.92 Å². The number of aliphatic imine (C=N–C) groups is 1. The Bertz CT molecular complexity index is 503. The number of nitrogens with zero attached hydrogens (tertiary/aromatic N) is 4. The number of guanidine groups is 1. The molecule has 0 amide bonds. The molecule has 0 saturated carbocycles. The second-order valence-electron chi connectivity index (χ2n) is 5.82. The van der Waals surface area contributed by atoms with Gasteiger partial charge >= 0.3 is 0 Å². The Morgan fingerprint density at radius 2 is 2.26 bits per heavy atom. The van der Waals surface area contributed by atoms with Gasteiger partial charge in [-0.3, -0.25) is 9.67 Å². The van der Waals surface area contributed by atoms with Crippen LogP contribution in [0.1, 0.15) is 31.2 Å². The maximum atomic E-state index is 4.50. The minimum absolute atomic E-state index is 0. The van der Waals surface area contributed by atoms with Gasteiger partial charge in [0.05, 0.1) is 5.69 Å². The van der Waals surface area contributed by atoms with Gasteiger partial charge in [0.2, 0.25) is 0 Å². The van der Waals surface area contributed by atoms with Gasteiger partial charge in [-0.15, -0.1) is 24.0 Å². The predicted octanol–water partition coefficient (Wildman–Crippen LogP) is 2.91. The van der Waals surface area contributed by atoms with Crippen LogP contribution in [-0.2, 0) is 6.54 Å². The molecule has 1 fully saturated rings. The third-order valence-corrected chi connectivity index (χ3v) is 5.41. The Morgan fingerprint density at radius 3 is 2.87 bits per heavy atom. The zero-order chi connectivity index (χ0) is 15.9. The van der Waals surface area contributed by atoms with Gasteiger partial charge in [0, 0.05) is 49.9 Å². The largest absolute Gasteiger partial charge is 0.356 e. The molecule has 1 unspecified atom stereocenters. The zero-order valence-corrected chi connectivity index (χ0v) is 17.9. The minimum atomic E-state index is 0. The Labute approximate surface area is 161 Å². The predicted molar refractivity (Wildman–Crippen MR) is 111 cm³/mol. The highest BCUT2D eigenvalue weighted by Crippen LogP contribution is 2.20. The lowest BCUT2D eigenvalue weighted by atomic mass is 10.3. The summed E-state index contributed by atoms with van der Waals surface area (Å²) in [6, 6.07) is 2.13. The molecule has 1 saturated heterocycles. The normalized spacial score (nSPS) is 18.7. The summed E-state index contributed by atoms with van der Waals surface area (Å²) in [7, 11) is 1.88. The quantitative estimate of drug-likeness (QED) is 0.324. The molecule has 1 aliphatic heterocycles. The molecular formula is C16H30IN5S. The van der Waals surface area contributed by atoms with E-state index in [2.05, 4.69) is 56.7 Å². The Hall–Kier alpha value is -0.440. The van der Waals surface area contributed by atoms with E-state index in [-0.39, 0.29) is 24.0 Å². The molecule has 0 bridgehead atoms. The highest BCUT2D eigenvalue weighted by Gasteiger charge is 2.21. The molecule has 0 spiro atoms. The fourth-order valence-corrected chi connectivity index (χ4v) is 4.00. The summed E-state index contributed by atoms with van der Waals surface area (Å²) >= 11 is 2.09. The van der Waals surface area contributed by atoms with Crippen molar-refractivity contribution in [3.8, 4) is 0 Å². The zero-order valence-electron chi connectivity index (χ0n) is 14.7. The number of nitrogens with one attached hydrogen (secondary N) is 1. The smallest absolute Gasteiger partial charge is 0.193 e. The molecule has 5 nitrogen and oxygen atoms in total. The van der Waals surface area contributed by atoms with Crippen LogP contribution in [0.3, 0.4) is 0 Å². The highest BCUT2D eigenvalue weighted by atomic mass is 127. The molecule has 1 aromatic heterocycles. The SMILES string of the molecule is CCC1CN(C(=NC)NCCCn2nc(C)cc2C)CCS1.I. The molecule has 0 radical (unpaired) electrons. The topological polar surface area (TPSA) is 45.5 Å². The lowest BCUT2D eigenvalue weighted by Gasteiger charge is -2.34. The highest BCUT2D eigenvalue weighted by molar-refractivity contribution is 14.0. The number of hydrogen-bond donors (Lipinski definition) is 1. The van der Waals surface area contributed by atoms with Crippen molar-refractivity contribution in [2.45, 2.75) is 45.4 Å². The first-order chi connectivity index (χ1) is 10.6. The van der Waals surface area contributed by atoms with Gasteiger partial charge in [0.15, 0.2) is 5.96 Å². The fourth-order valence-electron chi connectivity index (χ4n) is 2.82. The second kappa shape index (κ2) is 10.4. The van der Waals surface area contributed by atoms with Crippen molar-refractivity contribution in [2.24, 2.45) is 4.99 Å². The Kier molecular flexibility index (Phi) is 9.34. The van der Waals surface area contributed by atoms with Crippen molar-refractivity contribution in [1.82, 2.24) is 20.0 Å². The van der Waals surface area contributed by atoms with E-state index in [1.807, 2.05) is 14.0 Å². The van der Waals surface area contributed by atoms with Crippen molar-refractivity contribution in [3.05, 3.63) is 17.5 Å². The van der Waals surface area contributed by atoms with Gasteiger partial charge in [-0.25, -0.2) is 0 Å². The van der Waals surface area contributed by atoms with E-state index in [1.54, 1.807) is 0 Å². The Morgan fingerprint density at radius 1 is 1.48 bits per heavy atom. The molecule has 0 aliphatic carbocycles. The average Bonchev–Trinajstić information content (AvgIpc) is 2.85. The number of hydrogen-bond acceptors (Lipinski definition) is 3. The van der Waals surface area contributed by atoms with Gasteiger partial charge < -0.3 is 10.2 Å². The standard InChI is InChI=1S/C16H29N5S.HI/c1-5-15-12-20(9-10-22-15)16(17-4)18-7-6-8-21-14(3)11-13(2)19-21;/h11,15H,5-10,12H2,1-4H3,(H,17,18);1H. The third-order valence-electron chi connectivity index (χ3n) is 4.04. The maximum absolute atomic E-state index is 4.50. The van der Waals surface area contributed by atoms with E-state index < -0.39 is 0 Å². The van der Waals surface area contributed by atoms with E-state index in [4.69, 9.17) is 0 Å². The lowest BCUT2D eigenvalue weighted by Crippen LogP contribution is -2.48. The summed E-state index contributed by atoms with van der Waals surface area (Å²) in [6.07, 6.45) is 2.29. The summed E-state index contributed by atoms with van der Waals surface area (Å²) in [5.41, 5.74) is 2.33. The van der Waals surface area contributed by atoms with E-state index >= 15 is 0 Å². The number of rotatable bonds is 5. The Balaban J connectivity index is 0.00000264. The molecule has 1 aromatic rings. The monoisotopic (exact) mass is 451 g/mol. The van der Waals surface area contributed by atoms with E-state index in [0.29, 0.717) is 0 Å². The van der Waals surface area contributed by atoms with Crippen molar-refractivity contribution in [3.63, 3.8) is 0 Å². The van der Waals surface area contributed by atoms with E-state index in [0.717, 1.165) is 49.5 Å². The van der Waals surface area contributed by atoms with Crippen LogP contribution in [0.15, 0.2) is 11.1 Å². The first kappa shape index (κ1) is 20.6. The number of halogens is 1. The fraction of sp³-hybridized carbons (Fsp3) is 0.750. The van der Waals surface area contributed by atoms with Crippen LogP contribution in [0, 0.1) is 13.8 Å². The molecule has 132 valence electrons. The molecular weight excluding hydrogens is 421 g/mol. The van der Waals surface area contributed by atoms with Crippen molar-refractivity contribution >= 4 is 41.7 Å². The molecule has 0 aromatic carbocycles. The molecule has 2 rings (SSSR count). The average molecular weight is 451 g/mol. The number of thioether (sulfide) groups is 1. The van der Waals surface area contributed by atoms with Crippen LogP contribution < -0.4 is 5.32 Å². The van der Waals surface area contributed by atoms with E-state index in [9.17, 15) is 0 Å². The first-order valence-corrected chi connectivity index (χ1v) is 9.27. The lowest BCUT2D eigenvalue weighted by molar-refractivity contribution is 0.406. The third kappa shape index (κ3) is 6.17. The summed E-state index contributed by atoms with van der Waals surface area (Å²) in [5, 5.41) is 8.75. The molecule has 2 heterocycles. The molecule has 1 atom stereocenters. The summed E-state index contributed by atoms with van der Waals surface area (Å²) in [4.78, 5) is 6.84. The van der Waals surface area contributed by atoms with Gasteiger partial charge in [0.1, 0.15) is 0 Å². The number of aromatic nitrogens is 2. The molecule has 1 aliphatic rings. The van der Waals surface area contributed by atoms with Crippen LogP contribution in [0.2, 0.25) is 0 Å². The second-order valence-corrected chi connectivity index (χ2v) is 7.23. The van der Waals surface area contributed by atoms with Crippen molar-refractivity contribution < 1.29 is 0 Å². The van der Waals surface area contributed by atoms with Crippen LogP contribution in [0.25, 0.3) is 0 Å². The van der Waals surface area contributed by atoms with Crippen LogP contribution >= 0.6 is 35.7 Å². The van der Waals surface area contributed by atoms with Crippen LogP contribution in [0.5, 0.6) is 0 Å². The molecule has 7 heteroatoms. The van der Waals surface area contributed by atoms with Gasteiger partial charge in [-0.2, -0.15) is 16.9 Å². The maximum Gasteiger partial charge on any atom is 0.193 e. The van der Waals surface area contributed by atoms with Crippen LogP contribution in [0.4, 0.5) is 0 Å². The number of aryl methyl sites for hydroxylation is 3. The summed E-state index contributed by atoms with van der Waals surface area (Å²) in [6.45, 7) is 10.5. The van der Waals surface area contributed by atoms with Crippen molar-refractivity contribution in [2.75, 3.05) is 32.4 Å².